The molecule has 2 heterocycles. The van der Waals surface area contributed by atoms with Crippen LogP contribution in [0.1, 0.15) is 17.2 Å². The highest BCUT2D eigenvalue weighted by Crippen LogP contribution is 2.23. The minimum absolute atomic E-state index is 0.625. The second-order valence-corrected chi connectivity index (χ2v) is 4.55. The van der Waals surface area contributed by atoms with Crippen LogP contribution in [0.25, 0.3) is 5.69 Å². The predicted molar refractivity (Wildman–Crippen MR) is 68.5 cm³/mol. The van der Waals surface area contributed by atoms with Crippen molar-refractivity contribution < 1.29 is 4.79 Å². The van der Waals surface area contributed by atoms with E-state index < -0.39 is 0 Å². The van der Waals surface area contributed by atoms with Crippen LogP contribution in [0.4, 0.5) is 0 Å². The van der Waals surface area contributed by atoms with Crippen LogP contribution in [0.15, 0.2) is 30.3 Å². The van der Waals surface area contributed by atoms with Gasteiger partial charge in [0.15, 0.2) is 0 Å². The summed E-state index contributed by atoms with van der Waals surface area (Å²) in [5.41, 5.74) is 3.40. The Morgan fingerprint density at radius 1 is 1.28 bits per heavy atom. The summed E-state index contributed by atoms with van der Waals surface area (Å²) in [5, 5.41) is 0. The molecule has 1 amide bonds. The molecule has 0 unspecified atom stereocenters. The highest BCUT2D eigenvalue weighted by Gasteiger charge is 2.22. The van der Waals surface area contributed by atoms with Gasteiger partial charge in [0.25, 0.3) is 0 Å². The minimum Gasteiger partial charge on any atom is -0.339 e. The molecule has 0 radical (unpaired) electrons. The monoisotopic (exact) mass is 241 g/mol. The standard InChI is InChI=1S/C14H15N3O/c1-11-15-13-9-16(10-18)8-7-14(13)17(11)12-5-3-2-4-6-12/h2-6,10H,7-9H2,1H3. The summed E-state index contributed by atoms with van der Waals surface area (Å²) in [6, 6.07) is 10.2. The minimum atomic E-state index is 0.625. The molecule has 0 aliphatic carbocycles. The average Bonchev–Trinajstić information content (AvgIpc) is 2.74. The van der Waals surface area contributed by atoms with E-state index in [1.807, 2.05) is 25.1 Å². The van der Waals surface area contributed by atoms with Crippen LogP contribution < -0.4 is 0 Å². The van der Waals surface area contributed by atoms with Crippen molar-refractivity contribution in [2.45, 2.75) is 19.9 Å². The van der Waals surface area contributed by atoms with E-state index in [0.717, 1.165) is 36.6 Å². The van der Waals surface area contributed by atoms with Crippen molar-refractivity contribution in [1.82, 2.24) is 14.5 Å². The zero-order chi connectivity index (χ0) is 12.5. The first-order valence-corrected chi connectivity index (χ1v) is 6.11. The molecule has 1 aliphatic rings. The molecule has 0 N–H and O–H groups in total. The fourth-order valence-corrected chi connectivity index (χ4v) is 2.55. The van der Waals surface area contributed by atoms with Gasteiger partial charge in [-0.05, 0) is 19.1 Å². The second-order valence-electron chi connectivity index (χ2n) is 4.55. The van der Waals surface area contributed by atoms with E-state index in [1.54, 1.807) is 4.90 Å². The number of rotatable bonds is 2. The molecule has 0 saturated carbocycles. The van der Waals surface area contributed by atoms with Crippen LogP contribution in [0.2, 0.25) is 0 Å². The lowest BCUT2D eigenvalue weighted by Gasteiger charge is -2.23. The second kappa shape index (κ2) is 4.29. The third-order valence-electron chi connectivity index (χ3n) is 3.38. The Bertz CT molecular complexity index is 574. The number of aryl methyl sites for hydroxylation is 1. The van der Waals surface area contributed by atoms with Gasteiger partial charge in [0.1, 0.15) is 5.82 Å². The molecule has 1 aromatic heterocycles. The lowest BCUT2D eigenvalue weighted by atomic mass is 10.1. The van der Waals surface area contributed by atoms with Gasteiger partial charge in [-0.15, -0.1) is 0 Å². The van der Waals surface area contributed by atoms with Gasteiger partial charge in [0.05, 0.1) is 12.2 Å². The van der Waals surface area contributed by atoms with Gasteiger partial charge in [0, 0.05) is 24.3 Å². The molecule has 0 spiro atoms. The SMILES string of the molecule is Cc1nc2c(n1-c1ccccc1)CCN(C=O)C2. The van der Waals surface area contributed by atoms with Crippen molar-refractivity contribution in [1.29, 1.82) is 0 Å². The molecule has 0 atom stereocenters. The highest BCUT2D eigenvalue weighted by molar-refractivity contribution is 5.49. The molecular formula is C14H15N3O. The summed E-state index contributed by atoms with van der Waals surface area (Å²) in [4.78, 5) is 17.2. The van der Waals surface area contributed by atoms with Gasteiger partial charge >= 0.3 is 0 Å². The van der Waals surface area contributed by atoms with E-state index in [-0.39, 0.29) is 0 Å². The number of imidazole rings is 1. The molecule has 2 aromatic rings. The van der Waals surface area contributed by atoms with Crippen LogP contribution in [0.3, 0.4) is 0 Å². The molecular weight excluding hydrogens is 226 g/mol. The number of aromatic nitrogens is 2. The Labute approximate surface area is 106 Å². The summed E-state index contributed by atoms with van der Waals surface area (Å²) in [6.07, 6.45) is 1.77. The van der Waals surface area contributed by atoms with Gasteiger partial charge < -0.3 is 9.47 Å². The first kappa shape index (κ1) is 11.0. The topological polar surface area (TPSA) is 38.1 Å². The summed E-state index contributed by atoms with van der Waals surface area (Å²) in [7, 11) is 0. The molecule has 1 aromatic carbocycles. The molecule has 3 rings (SSSR count). The van der Waals surface area contributed by atoms with E-state index in [2.05, 4.69) is 21.7 Å². The van der Waals surface area contributed by atoms with Gasteiger partial charge in [-0.25, -0.2) is 4.98 Å². The maximum atomic E-state index is 10.8. The lowest BCUT2D eigenvalue weighted by Crippen LogP contribution is -2.29. The fourth-order valence-electron chi connectivity index (χ4n) is 2.55. The van der Waals surface area contributed by atoms with E-state index in [4.69, 9.17) is 0 Å². The van der Waals surface area contributed by atoms with E-state index >= 15 is 0 Å². The molecule has 1 aliphatic heterocycles. The van der Waals surface area contributed by atoms with Crippen molar-refractivity contribution in [2.75, 3.05) is 6.54 Å². The summed E-state index contributed by atoms with van der Waals surface area (Å²) in [6.45, 7) is 3.41. The van der Waals surface area contributed by atoms with E-state index in [9.17, 15) is 4.79 Å². The van der Waals surface area contributed by atoms with Crippen molar-refractivity contribution in [3.8, 4) is 5.69 Å². The fraction of sp³-hybridized carbons (Fsp3) is 0.286. The number of benzene rings is 1. The molecule has 4 nitrogen and oxygen atoms in total. The van der Waals surface area contributed by atoms with Gasteiger partial charge in [-0.1, -0.05) is 18.2 Å². The van der Waals surface area contributed by atoms with Crippen LogP contribution in [0, 0.1) is 6.92 Å². The molecule has 92 valence electrons. The Morgan fingerprint density at radius 2 is 2.06 bits per heavy atom. The van der Waals surface area contributed by atoms with Crippen molar-refractivity contribution in [3.63, 3.8) is 0 Å². The highest BCUT2D eigenvalue weighted by atomic mass is 16.1. The Kier molecular flexibility index (Phi) is 2.63. The smallest absolute Gasteiger partial charge is 0.210 e. The molecule has 0 bridgehead atoms. The summed E-state index contributed by atoms with van der Waals surface area (Å²) < 4.78 is 2.19. The number of hydrogen-bond donors (Lipinski definition) is 0. The maximum Gasteiger partial charge on any atom is 0.210 e. The van der Waals surface area contributed by atoms with E-state index in [0.29, 0.717) is 6.54 Å². The number of carbonyl (C=O) groups is 1. The molecule has 4 heteroatoms. The molecule has 0 fully saturated rings. The van der Waals surface area contributed by atoms with Gasteiger partial charge in [0.2, 0.25) is 6.41 Å². The average molecular weight is 241 g/mol. The third kappa shape index (κ3) is 1.70. The number of carbonyl (C=O) groups excluding carboxylic acids is 1. The Balaban J connectivity index is 2.08. The largest absolute Gasteiger partial charge is 0.339 e. The van der Waals surface area contributed by atoms with Gasteiger partial charge in [-0.3, -0.25) is 4.79 Å². The zero-order valence-corrected chi connectivity index (χ0v) is 10.3. The van der Waals surface area contributed by atoms with Crippen LogP contribution >= 0.6 is 0 Å². The summed E-state index contributed by atoms with van der Waals surface area (Å²) >= 11 is 0. The molecule has 18 heavy (non-hydrogen) atoms. The third-order valence-corrected chi connectivity index (χ3v) is 3.38. The first-order valence-electron chi connectivity index (χ1n) is 6.11. The number of para-hydroxylation sites is 1. The Morgan fingerprint density at radius 3 is 2.78 bits per heavy atom. The predicted octanol–water partition coefficient (Wildman–Crippen LogP) is 1.70. The van der Waals surface area contributed by atoms with Gasteiger partial charge in [-0.2, -0.15) is 0 Å². The quantitative estimate of drug-likeness (QED) is 0.750. The Hall–Kier alpha value is -2.10. The normalized spacial score (nSPS) is 14.4. The zero-order valence-electron chi connectivity index (χ0n) is 10.3. The molecule has 0 saturated heterocycles. The number of nitrogens with zero attached hydrogens (tertiary/aromatic N) is 3. The number of hydrogen-bond acceptors (Lipinski definition) is 2. The van der Waals surface area contributed by atoms with Crippen molar-refractivity contribution >= 4 is 6.41 Å². The van der Waals surface area contributed by atoms with Crippen LogP contribution in [-0.2, 0) is 17.8 Å². The van der Waals surface area contributed by atoms with Crippen molar-refractivity contribution in [2.24, 2.45) is 0 Å². The number of fused-ring (bicyclic) bond motifs is 1. The summed E-state index contributed by atoms with van der Waals surface area (Å²) in [5.74, 6) is 0.985. The maximum absolute atomic E-state index is 10.8. The number of amides is 1. The first-order chi connectivity index (χ1) is 8.79. The lowest BCUT2D eigenvalue weighted by molar-refractivity contribution is -0.119. The van der Waals surface area contributed by atoms with Crippen LogP contribution in [-0.4, -0.2) is 27.4 Å². The van der Waals surface area contributed by atoms with E-state index in [1.165, 1.54) is 5.69 Å². The van der Waals surface area contributed by atoms with Crippen molar-refractivity contribution in [3.05, 3.63) is 47.5 Å². The van der Waals surface area contributed by atoms with Crippen LogP contribution in [0.5, 0.6) is 0 Å².